The molecular formula is C26H32ClN3O4S. The van der Waals surface area contributed by atoms with E-state index in [9.17, 15) is 9.59 Å². The standard InChI is InChI=1S/C26H32ClN3O4S/c1-14-11-21(35-4)19(25(32)29-14)13-28-24(31)18-12-20(27)23-22(15(18)2)33-26(3,34-23)16-7-9-30(10-8-16)17-5-6-17/h11-12,16-17H,5-10,13H2,1-4H3,(H,28,31)(H,29,32). The van der Waals surface area contributed by atoms with Crippen molar-refractivity contribution < 1.29 is 14.3 Å². The number of hydrogen-bond acceptors (Lipinski definition) is 6. The molecular weight excluding hydrogens is 486 g/mol. The summed E-state index contributed by atoms with van der Waals surface area (Å²) in [6.07, 6.45) is 6.56. The summed E-state index contributed by atoms with van der Waals surface area (Å²) in [4.78, 5) is 31.8. The zero-order chi connectivity index (χ0) is 24.9. The quantitative estimate of drug-likeness (QED) is 0.542. The number of aryl methyl sites for hydroxylation is 1. The predicted octanol–water partition coefficient (Wildman–Crippen LogP) is 4.66. The Bertz CT molecular complexity index is 1220. The maximum atomic E-state index is 13.1. The third-order valence-corrected chi connectivity index (χ3v) is 8.59. The van der Waals surface area contributed by atoms with Crippen LogP contribution in [0.2, 0.25) is 5.02 Å². The molecule has 9 heteroatoms. The average Bonchev–Trinajstić information content (AvgIpc) is 3.62. The highest BCUT2D eigenvalue weighted by molar-refractivity contribution is 7.98. The normalized spacial score (nSPS) is 22.4. The Labute approximate surface area is 214 Å². The maximum Gasteiger partial charge on any atom is 0.254 e. The van der Waals surface area contributed by atoms with E-state index in [2.05, 4.69) is 15.2 Å². The molecule has 3 heterocycles. The number of H-pyrrole nitrogens is 1. The number of aromatic nitrogens is 1. The molecule has 0 radical (unpaired) electrons. The molecule has 1 unspecified atom stereocenters. The number of pyridine rings is 1. The molecule has 1 amide bonds. The number of hydrogen-bond donors (Lipinski definition) is 2. The summed E-state index contributed by atoms with van der Waals surface area (Å²) in [6, 6.07) is 4.31. The fourth-order valence-electron chi connectivity index (χ4n) is 5.28. The van der Waals surface area contributed by atoms with Gasteiger partial charge >= 0.3 is 0 Å². The van der Waals surface area contributed by atoms with Crippen molar-refractivity contribution in [2.24, 2.45) is 5.92 Å². The molecule has 0 spiro atoms. The number of rotatable bonds is 6. The summed E-state index contributed by atoms with van der Waals surface area (Å²) in [5, 5.41) is 3.24. The lowest BCUT2D eigenvalue weighted by Crippen LogP contribution is -2.49. The van der Waals surface area contributed by atoms with Crippen LogP contribution in [-0.2, 0) is 6.54 Å². The summed E-state index contributed by atoms with van der Waals surface area (Å²) in [5.41, 5.74) is 2.22. The van der Waals surface area contributed by atoms with Gasteiger partial charge in [-0.05, 0) is 71.0 Å². The van der Waals surface area contributed by atoms with Crippen LogP contribution in [0.25, 0.3) is 0 Å². The monoisotopic (exact) mass is 517 g/mol. The number of thioether (sulfide) groups is 1. The lowest BCUT2D eigenvalue weighted by molar-refractivity contribution is -0.125. The van der Waals surface area contributed by atoms with Crippen LogP contribution in [0.4, 0.5) is 0 Å². The number of ether oxygens (including phenoxy) is 2. The Morgan fingerprint density at radius 3 is 2.54 bits per heavy atom. The minimum absolute atomic E-state index is 0.118. The van der Waals surface area contributed by atoms with Crippen molar-refractivity contribution in [3.8, 4) is 11.5 Å². The van der Waals surface area contributed by atoms with E-state index in [1.165, 1.54) is 24.6 Å². The number of aromatic amines is 1. The molecule has 1 aliphatic carbocycles. The van der Waals surface area contributed by atoms with Gasteiger partial charge in [0.15, 0.2) is 11.5 Å². The van der Waals surface area contributed by atoms with Crippen molar-refractivity contribution in [2.75, 3.05) is 19.3 Å². The Balaban J connectivity index is 1.32. The first-order valence-corrected chi connectivity index (χ1v) is 13.8. The van der Waals surface area contributed by atoms with Gasteiger partial charge in [0.2, 0.25) is 0 Å². The van der Waals surface area contributed by atoms with Crippen LogP contribution < -0.4 is 20.3 Å². The van der Waals surface area contributed by atoms with Crippen LogP contribution in [0.5, 0.6) is 11.5 Å². The van der Waals surface area contributed by atoms with Gasteiger partial charge in [-0.3, -0.25) is 9.59 Å². The molecule has 2 aliphatic heterocycles. The van der Waals surface area contributed by atoms with E-state index >= 15 is 0 Å². The molecule has 1 aromatic heterocycles. The number of likely N-dealkylation sites (tertiary alicyclic amines) is 1. The van der Waals surface area contributed by atoms with Crippen LogP contribution in [0, 0.1) is 19.8 Å². The van der Waals surface area contributed by atoms with E-state index in [-0.39, 0.29) is 23.9 Å². The summed E-state index contributed by atoms with van der Waals surface area (Å²) < 4.78 is 12.7. The molecule has 7 nitrogen and oxygen atoms in total. The zero-order valence-electron chi connectivity index (χ0n) is 20.6. The molecule has 1 atom stereocenters. The van der Waals surface area contributed by atoms with Crippen molar-refractivity contribution >= 4 is 29.3 Å². The molecule has 2 N–H and O–H groups in total. The lowest BCUT2D eigenvalue weighted by Gasteiger charge is -2.38. The first kappa shape index (κ1) is 24.5. The first-order chi connectivity index (χ1) is 16.7. The number of carbonyl (C=O) groups is 1. The van der Waals surface area contributed by atoms with E-state index in [1.807, 2.05) is 33.1 Å². The third-order valence-electron chi connectivity index (χ3n) is 7.50. The van der Waals surface area contributed by atoms with Crippen LogP contribution in [-0.4, -0.2) is 47.0 Å². The van der Waals surface area contributed by atoms with Crippen molar-refractivity contribution in [1.82, 2.24) is 15.2 Å². The van der Waals surface area contributed by atoms with Gasteiger partial charge in [-0.15, -0.1) is 11.8 Å². The number of halogens is 1. The van der Waals surface area contributed by atoms with Crippen LogP contribution in [0.1, 0.15) is 59.8 Å². The molecule has 1 saturated heterocycles. The molecule has 1 saturated carbocycles. The Morgan fingerprint density at radius 1 is 1.20 bits per heavy atom. The predicted molar refractivity (Wildman–Crippen MR) is 138 cm³/mol. The molecule has 2 fully saturated rings. The minimum Gasteiger partial charge on any atom is -0.448 e. The fourth-order valence-corrected chi connectivity index (χ4v) is 6.22. The highest BCUT2D eigenvalue weighted by atomic mass is 35.5. The molecule has 0 bridgehead atoms. The van der Waals surface area contributed by atoms with Crippen LogP contribution in [0.3, 0.4) is 0 Å². The van der Waals surface area contributed by atoms with E-state index in [1.54, 1.807) is 6.07 Å². The highest BCUT2D eigenvalue weighted by Crippen LogP contribution is 2.51. The fraction of sp³-hybridized carbons (Fsp3) is 0.538. The van der Waals surface area contributed by atoms with Crippen molar-refractivity contribution in [3.05, 3.63) is 49.9 Å². The molecule has 2 aromatic rings. The molecule has 35 heavy (non-hydrogen) atoms. The number of fused-ring (bicyclic) bond motifs is 1. The summed E-state index contributed by atoms with van der Waals surface area (Å²) in [7, 11) is 0. The van der Waals surface area contributed by atoms with Crippen molar-refractivity contribution in [3.63, 3.8) is 0 Å². The number of nitrogens with zero attached hydrogens (tertiary/aromatic N) is 1. The minimum atomic E-state index is -0.802. The SMILES string of the molecule is CSc1cc(C)[nH]c(=O)c1CNC(=O)c1cc(Cl)c2c(c1C)OC(C)(C1CCN(C3CC3)CC1)O2. The topological polar surface area (TPSA) is 83.7 Å². The molecule has 1 aromatic carbocycles. The van der Waals surface area contributed by atoms with Gasteiger partial charge in [0.05, 0.1) is 5.02 Å². The molecule has 188 valence electrons. The second-order valence-electron chi connectivity index (χ2n) is 9.96. The van der Waals surface area contributed by atoms with Gasteiger partial charge in [0, 0.05) is 52.7 Å². The highest BCUT2D eigenvalue weighted by Gasteiger charge is 2.48. The summed E-state index contributed by atoms with van der Waals surface area (Å²) in [6.45, 7) is 7.91. The number of piperidine rings is 1. The van der Waals surface area contributed by atoms with E-state index in [4.69, 9.17) is 21.1 Å². The first-order valence-electron chi connectivity index (χ1n) is 12.2. The van der Waals surface area contributed by atoms with Crippen LogP contribution in [0.15, 0.2) is 21.8 Å². The second kappa shape index (κ2) is 9.37. The molecule has 3 aliphatic rings. The van der Waals surface area contributed by atoms with Gasteiger partial charge in [0.1, 0.15) is 0 Å². The molecule has 5 rings (SSSR count). The van der Waals surface area contributed by atoms with E-state index < -0.39 is 5.79 Å². The van der Waals surface area contributed by atoms with Gasteiger partial charge in [-0.2, -0.15) is 0 Å². The van der Waals surface area contributed by atoms with Gasteiger partial charge in [-0.25, -0.2) is 0 Å². The van der Waals surface area contributed by atoms with E-state index in [0.717, 1.165) is 42.6 Å². The van der Waals surface area contributed by atoms with Gasteiger partial charge in [-0.1, -0.05) is 11.6 Å². The summed E-state index contributed by atoms with van der Waals surface area (Å²) >= 11 is 8.07. The van der Waals surface area contributed by atoms with Gasteiger partial charge < -0.3 is 24.7 Å². The summed E-state index contributed by atoms with van der Waals surface area (Å²) in [5.74, 6) is 0.175. The number of carbonyl (C=O) groups excluding carboxylic acids is 1. The van der Waals surface area contributed by atoms with E-state index in [0.29, 0.717) is 33.2 Å². The maximum absolute atomic E-state index is 13.1. The third kappa shape index (κ3) is 4.68. The Morgan fingerprint density at radius 2 is 1.89 bits per heavy atom. The Kier molecular flexibility index (Phi) is 6.57. The van der Waals surface area contributed by atoms with Crippen LogP contribution >= 0.6 is 23.4 Å². The smallest absolute Gasteiger partial charge is 0.254 e. The second-order valence-corrected chi connectivity index (χ2v) is 11.2. The lowest BCUT2D eigenvalue weighted by atomic mass is 9.89. The Hall–Kier alpha value is -2.16. The number of nitrogens with one attached hydrogen (secondary N) is 2. The van der Waals surface area contributed by atoms with Crippen molar-refractivity contribution in [2.45, 2.75) is 69.7 Å². The van der Waals surface area contributed by atoms with Crippen molar-refractivity contribution in [1.29, 1.82) is 0 Å². The van der Waals surface area contributed by atoms with Gasteiger partial charge in [0.25, 0.3) is 17.3 Å². The number of amides is 1. The largest absolute Gasteiger partial charge is 0.448 e. The average molecular weight is 518 g/mol. The zero-order valence-corrected chi connectivity index (χ0v) is 22.2. The number of benzene rings is 1.